The molecule has 0 aliphatic heterocycles. The Morgan fingerprint density at radius 1 is 0.471 bits per heavy atom. The molecule has 0 unspecified atom stereocenters. The van der Waals surface area contributed by atoms with Gasteiger partial charge >= 0.3 is 0 Å². The Bertz CT molecular complexity index is 937. The summed E-state index contributed by atoms with van der Waals surface area (Å²) >= 11 is 0. The fourth-order valence-electron chi connectivity index (χ4n) is 3.95. The molecule has 0 radical (unpaired) electrons. The highest BCUT2D eigenvalue weighted by atomic mass is 16.3. The van der Waals surface area contributed by atoms with E-state index in [-0.39, 0.29) is 21.7 Å². The van der Waals surface area contributed by atoms with E-state index < -0.39 is 0 Å². The van der Waals surface area contributed by atoms with Gasteiger partial charge in [-0.2, -0.15) is 10.2 Å². The van der Waals surface area contributed by atoms with Crippen molar-refractivity contribution in [3.8, 4) is 11.5 Å². The molecule has 2 N–H and O–H groups in total. The average Bonchev–Trinajstić information content (AvgIpc) is 2.63. The number of phenolic OH excluding ortho intramolecular Hbond substituents is 2. The Balaban J connectivity index is 2.50. The number of aromatic hydroxyl groups is 2. The van der Waals surface area contributed by atoms with Gasteiger partial charge in [0.1, 0.15) is 11.5 Å². The molecule has 0 saturated heterocycles. The molecule has 0 fully saturated rings. The van der Waals surface area contributed by atoms with E-state index in [1.165, 1.54) is 0 Å². The Morgan fingerprint density at radius 2 is 0.676 bits per heavy atom. The minimum Gasteiger partial charge on any atom is -0.507 e. The van der Waals surface area contributed by atoms with Crippen LogP contribution in [0, 0.1) is 0 Å². The molecule has 0 amide bonds. The van der Waals surface area contributed by atoms with Crippen molar-refractivity contribution in [2.75, 3.05) is 0 Å². The summed E-state index contributed by atoms with van der Waals surface area (Å²) < 4.78 is 0. The van der Waals surface area contributed by atoms with Crippen molar-refractivity contribution in [1.82, 2.24) is 0 Å². The smallest absolute Gasteiger partial charge is 0.123 e. The van der Waals surface area contributed by atoms with Gasteiger partial charge in [0.2, 0.25) is 0 Å². The zero-order chi connectivity index (χ0) is 26.3. The summed E-state index contributed by atoms with van der Waals surface area (Å²) in [5, 5.41) is 30.5. The zero-order valence-electron chi connectivity index (χ0n) is 23.3. The Labute approximate surface area is 206 Å². The predicted octanol–water partition coefficient (Wildman–Crippen LogP) is 7.74. The number of phenols is 2. The molecular weight excluding hydrogens is 420 g/mol. The van der Waals surface area contributed by atoms with E-state index in [1.54, 1.807) is 12.4 Å². The van der Waals surface area contributed by atoms with E-state index in [4.69, 9.17) is 0 Å². The van der Waals surface area contributed by atoms with Crippen LogP contribution in [0.25, 0.3) is 0 Å². The topological polar surface area (TPSA) is 65.2 Å². The van der Waals surface area contributed by atoms with Crippen LogP contribution in [0.1, 0.15) is 116 Å². The van der Waals surface area contributed by atoms with E-state index in [0.29, 0.717) is 11.5 Å². The summed E-state index contributed by atoms with van der Waals surface area (Å²) in [7, 11) is 0. The predicted molar refractivity (Wildman–Crippen MR) is 146 cm³/mol. The van der Waals surface area contributed by atoms with Crippen molar-refractivity contribution in [2.45, 2.75) is 105 Å². The number of benzene rings is 2. The van der Waals surface area contributed by atoms with Crippen molar-refractivity contribution in [3.05, 3.63) is 57.6 Å². The molecule has 0 spiro atoms. The second-order valence-corrected chi connectivity index (χ2v) is 13.4. The lowest BCUT2D eigenvalue weighted by molar-refractivity contribution is 0.422. The van der Waals surface area contributed by atoms with Crippen LogP contribution >= 0.6 is 0 Å². The molecular formula is C30H44N2O2. The van der Waals surface area contributed by atoms with Gasteiger partial charge in [0.15, 0.2) is 0 Å². The molecule has 0 atom stereocenters. The molecule has 0 bridgehead atoms. The van der Waals surface area contributed by atoms with Crippen molar-refractivity contribution in [3.63, 3.8) is 0 Å². The summed E-state index contributed by atoms with van der Waals surface area (Å²) in [5.74, 6) is 0.711. The van der Waals surface area contributed by atoms with Gasteiger partial charge in [0, 0.05) is 22.3 Å². The van der Waals surface area contributed by atoms with Crippen LogP contribution in [0.4, 0.5) is 0 Å². The van der Waals surface area contributed by atoms with Gasteiger partial charge in [0.05, 0.1) is 12.4 Å². The van der Waals surface area contributed by atoms with Gasteiger partial charge in [-0.05, 0) is 57.1 Å². The molecule has 186 valence electrons. The number of hydrogen-bond acceptors (Lipinski definition) is 4. The lowest BCUT2D eigenvalue weighted by Crippen LogP contribution is -2.18. The highest BCUT2D eigenvalue weighted by Crippen LogP contribution is 2.40. The van der Waals surface area contributed by atoms with Crippen LogP contribution in [-0.4, -0.2) is 22.6 Å². The van der Waals surface area contributed by atoms with Gasteiger partial charge in [-0.25, -0.2) is 0 Å². The standard InChI is InChI=1S/C30H44N2O2/c1-27(2,3)21-13-19(14-22(25(21)33)28(4,5)6)17-31-32-18-20-15-23(29(7,8)9)26(34)24(16-20)30(10,11)12/h13-18,33-34H,1-12H3. The Kier molecular flexibility index (Phi) is 7.48. The van der Waals surface area contributed by atoms with Gasteiger partial charge in [-0.3, -0.25) is 0 Å². The average molecular weight is 465 g/mol. The van der Waals surface area contributed by atoms with Crippen LogP contribution in [0.15, 0.2) is 34.5 Å². The highest BCUT2D eigenvalue weighted by molar-refractivity contribution is 5.84. The maximum Gasteiger partial charge on any atom is 0.123 e. The summed E-state index contributed by atoms with van der Waals surface area (Å²) in [6, 6.07) is 7.94. The molecule has 0 saturated carbocycles. The first-order valence-corrected chi connectivity index (χ1v) is 12.1. The molecule has 0 heterocycles. The fraction of sp³-hybridized carbons (Fsp3) is 0.533. The van der Waals surface area contributed by atoms with Crippen LogP contribution < -0.4 is 0 Å². The third-order valence-corrected chi connectivity index (χ3v) is 5.98. The fourth-order valence-corrected chi connectivity index (χ4v) is 3.95. The zero-order valence-corrected chi connectivity index (χ0v) is 23.3. The number of rotatable bonds is 3. The van der Waals surface area contributed by atoms with Crippen molar-refractivity contribution in [1.29, 1.82) is 0 Å². The largest absolute Gasteiger partial charge is 0.507 e. The summed E-state index contributed by atoms with van der Waals surface area (Å²) in [4.78, 5) is 0. The SMILES string of the molecule is CC(C)(C)c1cc(C=NN=Cc2cc(C(C)(C)C)c(O)c(C(C)(C)C)c2)cc(C(C)(C)C)c1O. The molecule has 2 rings (SSSR count). The van der Waals surface area contributed by atoms with Crippen LogP contribution in [0.2, 0.25) is 0 Å². The van der Waals surface area contributed by atoms with Gasteiger partial charge in [-0.15, -0.1) is 0 Å². The van der Waals surface area contributed by atoms with Crippen LogP contribution in [0.5, 0.6) is 11.5 Å². The third kappa shape index (κ3) is 6.49. The first-order chi connectivity index (χ1) is 15.2. The Morgan fingerprint density at radius 3 is 0.853 bits per heavy atom. The molecule has 34 heavy (non-hydrogen) atoms. The minimum absolute atomic E-state index is 0.198. The third-order valence-electron chi connectivity index (χ3n) is 5.98. The van der Waals surface area contributed by atoms with Crippen molar-refractivity contribution < 1.29 is 10.2 Å². The summed E-state index contributed by atoms with van der Waals surface area (Å²) in [6.07, 6.45) is 3.46. The van der Waals surface area contributed by atoms with Crippen molar-refractivity contribution >= 4 is 12.4 Å². The first-order valence-electron chi connectivity index (χ1n) is 12.1. The maximum absolute atomic E-state index is 10.9. The monoisotopic (exact) mass is 464 g/mol. The highest BCUT2D eigenvalue weighted by Gasteiger charge is 2.27. The van der Waals surface area contributed by atoms with Gasteiger partial charge in [-0.1, -0.05) is 83.1 Å². The van der Waals surface area contributed by atoms with E-state index in [0.717, 1.165) is 33.4 Å². The molecule has 0 aliphatic carbocycles. The molecule has 4 heteroatoms. The van der Waals surface area contributed by atoms with E-state index in [2.05, 4.69) is 93.3 Å². The maximum atomic E-state index is 10.9. The van der Waals surface area contributed by atoms with E-state index in [1.807, 2.05) is 24.3 Å². The van der Waals surface area contributed by atoms with E-state index in [9.17, 15) is 10.2 Å². The van der Waals surface area contributed by atoms with Crippen LogP contribution in [-0.2, 0) is 21.7 Å². The first kappa shape index (κ1) is 27.6. The lowest BCUT2D eigenvalue weighted by atomic mass is 9.78. The van der Waals surface area contributed by atoms with Gasteiger partial charge in [0.25, 0.3) is 0 Å². The Hall–Kier alpha value is -2.62. The normalized spacial score (nSPS) is 13.9. The number of nitrogens with zero attached hydrogens (tertiary/aromatic N) is 2. The second kappa shape index (κ2) is 9.20. The van der Waals surface area contributed by atoms with Crippen molar-refractivity contribution in [2.24, 2.45) is 10.2 Å². The molecule has 0 aliphatic rings. The van der Waals surface area contributed by atoms with E-state index >= 15 is 0 Å². The van der Waals surface area contributed by atoms with Crippen LogP contribution in [0.3, 0.4) is 0 Å². The molecule has 0 aromatic heterocycles. The summed E-state index contributed by atoms with van der Waals surface area (Å²) in [5.41, 5.74) is 4.60. The van der Waals surface area contributed by atoms with Gasteiger partial charge < -0.3 is 10.2 Å². The molecule has 4 nitrogen and oxygen atoms in total. The summed E-state index contributed by atoms with van der Waals surface area (Å²) in [6.45, 7) is 25.1. The molecule has 2 aromatic carbocycles. The molecule has 2 aromatic rings. The lowest BCUT2D eigenvalue weighted by Gasteiger charge is -2.27. The second-order valence-electron chi connectivity index (χ2n) is 13.4. The quantitative estimate of drug-likeness (QED) is 0.360. The number of hydrogen-bond donors (Lipinski definition) is 2. The minimum atomic E-state index is -0.198.